The summed E-state index contributed by atoms with van der Waals surface area (Å²) in [5.74, 6) is 1.67. The van der Waals surface area contributed by atoms with E-state index in [1.54, 1.807) is 0 Å². The monoisotopic (exact) mass is 377 g/mol. The first-order chi connectivity index (χ1) is 13.2. The van der Waals surface area contributed by atoms with Crippen LogP contribution in [0, 0.1) is 0 Å². The fourth-order valence-corrected chi connectivity index (χ4v) is 2.76. The smallest absolute Gasteiger partial charge is 0.195 e. The molecule has 0 aromatic heterocycles. The molecule has 1 aromatic rings. The summed E-state index contributed by atoms with van der Waals surface area (Å²) in [4.78, 5) is 4.59. The van der Waals surface area contributed by atoms with E-state index < -0.39 is 0 Å². The van der Waals surface area contributed by atoms with E-state index in [0.717, 1.165) is 69.4 Å². The first-order valence-electron chi connectivity index (χ1n) is 10.2. The maximum absolute atomic E-state index is 5.70. The van der Waals surface area contributed by atoms with Crippen LogP contribution in [0.15, 0.2) is 29.3 Å². The van der Waals surface area contributed by atoms with Gasteiger partial charge in [0.25, 0.3) is 0 Å². The van der Waals surface area contributed by atoms with Gasteiger partial charge in [-0.3, -0.25) is 4.99 Å². The Morgan fingerprint density at radius 3 is 2.78 bits per heavy atom. The van der Waals surface area contributed by atoms with Crippen molar-refractivity contribution >= 4 is 11.6 Å². The topological polar surface area (TPSA) is 64.1 Å². The predicted molar refractivity (Wildman–Crippen MR) is 111 cm³/mol. The third-order valence-corrected chi connectivity index (χ3v) is 4.07. The third-order valence-electron chi connectivity index (χ3n) is 4.07. The normalized spacial score (nSPS) is 17.3. The Bertz CT molecular complexity index is 540. The highest BCUT2D eigenvalue weighted by atomic mass is 16.5. The molecule has 1 fully saturated rings. The average molecular weight is 378 g/mol. The minimum Gasteiger partial charge on any atom is -0.491 e. The average Bonchev–Trinajstić information content (AvgIpc) is 3.17. The second-order valence-electron chi connectivity index (χ2n) is 7.04. The summed E-state index contributed by atoms with van der Waals surface area (Å²) in [6.07, 6.45) is 4.69. The highest BCUT2D eigenvalue weighted by molar-refractivity contribution is 5.93. The molecule has 6 heteroatoms. The van der Waals surface area contributed by atoms with E-state index in [4.69, 9.17) is 14.2 Å². The number of rotatable bonds is 11. The molecule has 6 nitrogen and oxygen atoms in total. The highest BCUT2D eigenvalue weighted by Crippen LogP contribution is 2.17. The zero-order valence-corrected chi connectivity index (χ0v) is 17.0. The number of nitrogens with zero attached hydrogens (tertiary/aromatic N) is 1. The number of hydrogen-bond acceptors (Lipinski definition) is 4. The van der Waals surface area contributed by atoms with Gasteiger partial charge in [0, 0.05) is 32.0 Å². The van der Waals surface area contributed by atoms with Gasteiger partial charge in [0.1, 0.15) is 5.75 Å². The summed E-state index contributed by atoms with van der Waals surface area (Å²) in [5.41, 5.74) is 0.989. The third kappa shape index (κ3) is 9.11. The van der Waals surface area contributed by atoms with Gasteiger partial charge in [0.2, 0.25) is 0 Å². The number of guanidine groups is 1. The fraction of sp³-hybridized carbons (Fsp3) is 0.667. The zero-order chi connectivity index (χ0) is 19.3. The van der Waals surface area contributed by atoms with Gasteiger partial charge in [0.05, 0.1) is 18.8 Å². The van der Waals surface area contributed by atoms with Crippen LogP contribution in [0.1, 0.15) is 46.5 Å². The number of hydrogen-bond donors (Lipinski definition) is 2. The van der Waals surface area contributed by atoms with Crippen LogP contribution in [0.3, 0.4) is 0 Å². The van der Waals surface area contributed by atoms with E-state index in [1.165, 1.54) is 0 Å². The van der Waals surface area contributed by atoms with Gasteiger partial charge < -0.3 is 24.8 Å². The molecule has 1 heterocycles. The maximum Gasteiger partial charge on any atom is 0.195 e. The Hall–Kier alpha value is -1.79. The number of anilines is 1. The summed E-state index contributed by atoms with van der Waals surface area (Å²) in [6, 6.07) is 7.95. The van der Waals surface area contributed by atoms with Gasteiger partial charge in [-0.25, -0.2) is 0 Å². The van der Waals surface area contributed by atoms with E-state index in [0.29, 0.717) is 12.7 Å². The van der Waals surface area contributed by atoms with Crippen molar-refractivity contribution in [3.05, 3.63) is 24.3 Å². The SMILES string of the molecule is CCCN=C(NCCCOCC1CCCO1)Nc1ccc(OC(C)C)cc1. The first-order valence-corrected chi connectivity index (χ1v) is 10.2. The lowest BCUT2D eigenvalue weighted by Crippen LogP contribution is -2.32. The van der Waals surface area contributed by atoms with Crippen molar-refractivity contribution in [1.82, 2.24) is 5.32 Å². The molecule has 0 aliphatic carbocycles. The lowest BCUT2D eigenvalue weighted by molar-refractivity contribution is 0.0168. The van der Waals surface area contributed by atoms with Gasteiger partial charge in [-0.1, -0.05) is 6.92 Å². The largest absolute Gasteiger partial charge is 0.491 e. The Morgan fingerprint density at radius 1 is 1.30 bits per heavy atom. The van der Waals surface area contributed by atoms with Crippen molar-refractivity contribution in [2.24, 2.45) is 4.99 Å². The zero-order valence-electron chi connectivity index (χ0n) is 17.0. The predicted octanol–water partition coefficient (Wildman–Crippen LogP) is 3.83. The lowest BCUT2D eigenvalue weighted by Gasteiger charge is -2.14. The van der Waals surface area contributed by atoms with E-state index in [9.17, 15) is 0 Å². The van der Waals surface area contributed by atoms with E-state index in [-0.39, 0.29) is 6.10 Å². The molecular formula is C21H35N3O3. The van der Waals surface area contributed by atoms with Gasteiger partial charge in [-0.2, -0.15) is 0 Å². The molecule has 1 aromatic carbocycles. The molecule has 1 atom stereocenters. The van der Waals surface area contributed by atoms with Crippen molar-refractivity contribution in [3.63, 3.8) is 0 Å². The molecule has 152 valence electrons. The molecular weight excluding hydrogens is 342 g/mol. The van der Waals surface area contributed by atoms with E-state index in [2.05, 4.69) is 22.5 Å². The van der Waals surface area contributed by atoms with Crippen LogP contribution in [0.25, 0.3) is 0 Å². The summed E-state index contributed by atoms with van der Waals surface area (Å²) < 4.78 is 16.9. The summed E-state index contributed by atoms with van der Waals surface area (Å²) in [6.45, 7) is 10.1. The molecule has 1 saturated heterocycles. The van der Waals surface area contributed by atoms with Crippen molar-refractivity contribution < 1.29 is 14.2 Å². The van der Waals surface area contributed by atoms with Crippen molar-refractivity contribution in [2.45, 2.75) is 58.7 Å². The molecule has 1 aliphatic heterocycles. The van der Waals surface area contributed by atoms with Crippen molar-refractivity contribution in [2.75, 3.05) is 38.2 Å². The van der Waals surface area contributed by atoms with Gasteiger partial charge >= 0.3 is 0 Å². The minimum atomic E-state index is 0.176. The standard InChI is InChI=1S/C21H35N3O3/c1-4-12-22-21(23-13-6-14-25-16-20-7-5-15-26-20)24-18-8-10-19(11-9-18)27-17(2)3/h8-11,17,20H,4-7,12-16H2,1-3H3,(H2,22,23,24). The van der Waals surface area contributed by atoms with Gasteiger partial charge in [-0.05, 0) is 63.8 Å². The maximum atomic E-state index is 5.70. The number of ether oxygens (including phenoxy) is 3. The molecule has 0 radical (unpaired) electrons. The van der Waals surface area contributed by atoms with Crippen LogP contribution in [-0.4, -0.2) is 51.1 Å². The second kappa shape index (κ2) is 12.6. The Labute approximate surface area is 163 Å². The first kappa shape index (κ1) is 21.5. The highest BCUT2D eigenvalue weighted by Gasteiger charge is 2.14. The van der Waals surface area contributed by atoms with Crippen LogP contribution >= 0.6 is 0 Å². The molecule has 0 spiro atoms. The molecule has 1 aliphatic rings. The van der Waals surface area contributed by atoms with E-state index in [1.807, 2.05) is 38.1 Å². The van der Waals surface area contributed by atoms with Gasteiger partial charge in [-0.15, -0.1) is 0 Å². The van der Waals surface area contributed by atoms with Crippen LogP contribution < -0.4 is 15.4 Å². The molecule has 2 rings (SSSR count). The van der Waals surface area contributed by atoms with Crippen molar-refractivity contribution in [3.8, 4) is 5.75 Å². The van der Waals surface area contributed by atoms with Crippen LogP contribution in [-0.2, 0) is 9.47 Å². The quantitative estimate of drug-likeness (QED) is 0.349. The number of benzene rings is 1. The molecule has 1 unspecified atom stereocenters. The Morgan fingerprint density at radius 2 is 2.11 bits per heavy atom. The van der Waals surface area contributed by atoms with Gasteiger partial charge in [0.15, 0.2) is 5.96 Å². The molecule has 0 bridgehead atoms. The number of nitrogens with one attached hydrogen (secondary N) is 2. The second-order valence-corrected chi connectivity index (χ2v) is 7.04. The van der Waals surface area contributed by atoms with Crippen molar-refractivity contribution in [1.29, 1.82) is 0 Å². The summed E-state index contributed by atoms with van der Waals surface area (Å²) in [7, 11) is 0. The fourth-order valence-electron chi connectivity index (χ4n) is 2.76. The summed E-state index contributed by atoms with van der Waals surface area (Å²) >= 11 is 0. The molecule has 0 amide bonds. The lowest BCUT2D eigenvalue weighted by atomic mass is 10.2. The van der Waals surface area contributed by atoms with Crippen LogP contribution in [0.4, 0.5) is 5.69 Å². The van der Waals surface area contributed by atoms with Crippen LogP contribution in [0.2, 0.25) is 0 Å². The Balaban J connectivity index is 1.70. The minimum absolute atomic E-state index is 0.176. The van der Waals surface area contributed by atoms with Crippen LogP contribution in [0.5, 0.6) is 5.75 Å². The van der Waals surface area contributed by atoms with E-state index >= 15 is 0 Å². The number of aliphatic imine (C=N–C) groups is 1. The molecule has 27 heavy (non-hydrogen) atoms. The summed E-state index contributed by atoms with van der Waals surface area (Å²) in [5, 5.41) is 6.73. The molecule has 2 N–H and O–H groups in total. The molecule has 0 saturated carbocycles. The Kier molecular flexibility index (Phi) is 10.0.